The predicted octanol–water partition coefficient (Wildman–Crippen LogP) is 11.7. The molecule has 1 spiro atoms. The molecule has 4 nitrogen and oxygen atoms in total. The smallest absolute Gasteiger partial charge is 0.164 e. The Morgan fingerprint density at radius 3 is 1.73 bits per heavy atom. The number of benzene rings is 6. The van der Waals surface area contributed by atoms with E-state index in [2.05, 4.69) is 78.9 Å². The number of fused-ring (bicyclic) bond motifs is 8. The molecule has 1 saturated carbocycles. The summed E-state index contributed by atoms with van der Waals surface area (Å²) in [4.78, 5) is 14.9. The molecule has 2 aromatic heterocycles. The molecule has 0 bridgehead atoms. The summed E-state index contributed by atoms with van der Waals surface area (Å²) in [6.45, 7) is 0. The van der Waals surface area contributed by atoms with E-state index < -0.39 is 0 Å². The van der Waals surface area contributed by atoms with E-state index in [4.69, 9.17) is 19.4 Å². The van der Waals surface area contributed by atoms with Crippen LogP contribution < -0.4 is 0 Å². The van der Waals surface area contributed by atoms with Crippen LogP contribution in [0, 0.1) is 0 Å². The van der Waals surface area contributed by atoms with Gasteiger partial charge in [-0.05, 0) is 76.6 Å². The van der Waals surface area contributed by atoms with Crippen LogP contribution in [0.25, 0.3) is 78.4 Å². The first kappa shape index (κ1) is 28.2. The average Bonchev–Trinajstić information content (AvgIpc) is 3.67. The van der Waals surface area contributed by atoms with E-state index >= 15 is 0 Å². The molecule has 8 aromatic rings. The molecule has 1 fully saturated rings. The molecule has 234 valence electrons. The molecule has 49 heavy (non-hydrogen) atoms. The van der Waals surface area contributed by atoms with Gasteiger partial charge in [0.15, 0.2) is 17.5 Å². The molecular formula is C45H33N3O. The highest BCUT2D eigenvalue weighted by atomic mass is 16.3. The highest BCUT2D eigenvalue weighted by Crippen LogP contribution is 2.57. The summed E-state index contributed by atoms with van der Waals surface area (Å²) in [5, 5.41) is 2.42. The monoisotopic (exact) mass is 631 g/mol. The fraction of sp³-hybridized carbons (Fsp3) is 0.133. The summed E-state index contributed by atoms with van der Waals surface area (Å²) in [7, 11) is 0. The van der Waals surface area contributed by atoms with Crippen molar-refractivity contribution in [2.24, 2.45) is 0 Å². The van der Waals surface area contributed by atoms with Crippen LogP contribution in [0.4, 0.5) is 0 Å². The van der Waals surface area contributed by atoms with Crippen molar-refractivity contribution in [2.75, 3.05) is 0 Å². The van der Waals surface area contributed by atoms with Gasteiger partial charge in [0.1, 0.15) is 11.2 Å². The minimum Gasteiger partial charge on any atom is -0.456 e. The highest BCUT2D eigenvalue weighted by molar-refractivity contribution is 6.07. The number of furan rings is 1. The number of hydrogen-bond donors (Lipinski definition) is 0. The fourth-order valence-electron chi connectivity index (χ4n) is 8.37. The standard InChI is InChI=1S/C45H33N3O/c1-4-13-29(14-5-1)42-46-43(30-15-6-2-7-16-30)48-44(47-42)33-18-12-17-31(25-33)32-21-22-38-35(26-32)36-28-41-37(34-19-8-9-20-40(34)49-41)27-39(36)45(38)23-10-3-11-24-45/h1-2,4-9,12-22,25-28H,3,10-11,23-24H2. The Labute approximate surface area is 285 Å². The normalized spacial score (nSPS) is 14.7. The van der Waals surface area contributed by atoms with Crippen LogP contribution >= 0.6 is 0 Å². The lowest BCUT2D eigenvalue weighted by atomic mass is 9.67. The summed E-state index contributed by atoms with van der Waals surface area (Å²) in [6, 6.07) is 49.2. The molecule has 0 unspecified atom stereocenters. The van der Waals surface area contributed by atoms with E-state index in [-0.39, 0.29) is 5.41 Å². The Bertz CT molecular complexity index is 2470. The van der Waals surface area contributed by atoms with Crippen LogP contribution in [0.3, 0.4) is 0 Å². The predicted molar refractivity (Wildman–Crippen MR) is 198 cm³/mol. The second kappa shape index (κ2) is 11.1. The van der Waals surface area contributed by atoms with Gasteiger partial charge < -0.3 is 4.42 Å². The first-order valence-electron chi connectivity index (χ1n) is 17.3. The third-order valence-electron chi connectivity index (χ3n) is 10.7. The van der Waals surface area contributed by atoms with Crippen molar-refractivity contribution >= 4 is 21.9 Å². The molecular weight excluding hydrogens is 599 g/mol. The summed E-state index contributed by atoms with van der Waals surface area (Å²) in [5.74, 6) is 1.99. The van der Waals surface area contributed by atoms with Crippen LogP contribution in [-0.2, 0) is 5.41 Å². The lowest BCUT2D eigenvalue weighted by Crippen LogP contribution is -2.28. The Hall–Kier alpha value is -5.87. The zero-order valence-electron chi connectivity index (χ0n) is 27.1. The van der Waals surface area contributed by atoms with Crippen LogP contribution in [0.5, 0.6) is 0 Å². The van der Waals surface area contributed by atoms with Gasteiger partial charge in [-0.15, -0.1) is 0 Å². The first-order valence-corrected chi connectivity index (χ1v) is 17.3. The number of aromatic nitrogens is 3. The van der Waals surface area contributed by atoms with Crippen molar-refractivity contribution < 1.29 is 4.42 Å². The molecule has 6 aromatic carbocycles. The maximum atomic E-state index is 6.41. The highest BCUT2D eigenvalue weighted by Gasteiger charge is 2.44. The van der Waals surface area contributed by atoms with Gasteiger partial charge in [-0.3, -0.25) is 0 Å². The third-order valence-corrected chi connectivity index (χ3v) is 10.7. The number of para-hydroxylation sites is 1. The Balaban J connectivity index is 1.11. The number of nitrogens with zero attached hydrogens (tertiary/aromatic N) is 3. The van der Waals surface area contributed by atoms with Gasteiger partial charge in [0.2, 0.25) is 0 Å². The van der Waals surface area contributed by atoms with Gasteiger partial charge in [0, 0.05) is 32.9 Å². The molecule has 2 aliphatic carbocycles. The molecule has 0 saturated heterocycles. The van der Waals surface area contributed by atoms with Crippen molar-refractivity contribution in [3.8, 4) is 56.4 Å². The van der Waals surface area contributed by atoms with Crippen LogP contribution in [0.1, 0.15) is 43.2 Å². The van der Waals surface area contributed by atoms with Crippen molar-refractivity contribution in [3.05, 3.63) is 151 Å². The second-order valence-electron chi connectivity index (χ2n) is 13.5. The maximum absolute atomic E-state index is 6.41. The minimum absolute atomic E-state index is 0.0580. The van der Waals surface area contributed by atoms with Crippen LogP contribution in [0.15, 0.2) is 144 Å². The zero-order valence-corrected chi connectivity index (χ0v) is 27.1. The molecule has 4 heteroatoms. The van der Waals surface area contributed by atoms with Gasteiger partial charge in [-0.1, -0.05) is 128 Å². The van der Waals surface area contributed by atoms with E-state index in [0.717, 1.165) is 33.4 Å². The van der Waals surface area contributed by atoms with E-state index in [1.807, 2.05) is 60.7 Å². The molecule has 10 rings (SSSR count). The van der Waals surface area contributed by atoms with Crippen LogP contribution in [0.2, 0.25) is 0 Å². The lowest BCUT2D eigenvalue weighted by molar-refractivity contribution is 0.353. The summed E-state index contributed by atoms with van der Waals surface area (Å²) in [5.41, 5.74) is 12.8. The molecule has 0 radical (unpaired) electrons. The minimum atomic E-state index is 0.0580. The Morgan fingerprint density at radius 2 is 1.00 bits per heavy atom. The lowest BCUT2D eigenvalue weighted by Gasteiger charge is -2.36. The summed E-state index contributed by atoms with van der Waals surface area (Å²) >= 11 is 0. The summed E-state index contributed by atoms with van der Waals surface area (Å²) in [6.07, 6.45) is 6.21. The second-order valence-corrected chi connectivity index (χ2v) is 13.5. The summed E-state index contributed by atoms with van der Waals surface area (Å²) < 4.78 is 6.41. The average molecular weight is 632 g/mol. The topological polar surface area (TPSA) is 51.8 Å². The molecule has 2 heterocycles. The fourth-order valence-corrected chi connectivity index (χ4v) is 8.37. The van der Waals surface area contributed by atoms with E-state index in [0.29, 0.717) is 17.5 Å². The Morgan fingerprint density at radius 1 is 0.408 bits per heavy atom. The quantitative estimate of drug-likeness (QED) is 0.194. The number of hydrogen-bond acceptors (Lipinski definition) is 4. The molecule has 0 N–H and O–H groups in total. The largest absolute Gasteiger partial charge is 0.456 e. The molecule has 0 amide bonds. The van der Waals surface area contributed by atoms with E-state index in [1.165, 1.54) is 70.7 Å². The third kappa shape index (κ3) is 4.55. The van der Waals surface area contributed by atoms with Gasteiger partial charge >= 0.3 is 0 Å². The zero-order chi connectivity index (χ0) is 32.4. The van der Waals surface area contributed by atoms with E-state index in [1.54, 1.807) is 0 Å². The van der Waals surface area contributed by atoms with Gasteiger partial charge in [-0.25, -0.2) is 15.0 Å². The van der Waals surface area contributed by atoms with Gasteiger partial charge in [0.05, 0.1) is 0 Å². The maximum Gasteiger partial charge on any atom is 0.164 e. The van der Waals surface area contributed by atoms with Crippen LogP contribution in [-0.4, -0.2) is 15.0 Å². The van der Waals surface area contributed by atoms with E-state index in [9.17, 15) is 0 Å². The van der Waals surface area contributed by atoms with Crippen molar-refractivity contribution in [1.82, 2.24) is 15.0 Å². The number of rotatable bonds is 4. The van der Waals surface area contributed by atoms with Crippen molar-refractivity contribution in [1.29, 1.82) is 0 Å². The van der Waals surface area contributed by atoms with Crippen molar-refractivity contribution in [3.63, 3.8) is 0 Å². The molecule has 0 atom stereocenters. The first-order chi connectivity index (χ1) is 24.2. The molecule has 0 aliphatic heterocycles. The van der Waals surface area contributed by atoms with Gasteiger partial charge in [0.25, 0.3) is 0 Å². The van der Waals surface area contributed by atoms with Gasteiger partial charge in [-0.2, -0.15) is 0 Å². The Kier molecular flexibility index (Phi) is 6.38. The SMILES string of the molecule is c1ccc(-c2nc(-c3ccccc3)nc(-c3cccc(-c4ccc5c(c4)-c4cc6oc7ccccc7c6cc4C54CCCCC4)c3)n2)cc1. The van der Waals surface area contributed by atoms with Crippen molar-refractivity contribution in [2.45, 2.75) is 37.5 Å². The molecule has 2 aliphatic rings.